The predicted octanol–water partition coefficient (Wildman–Crippen LogP) is 1.86. The number of aryl methyl sites for hydroxylation is 1. The third-order valence-electron chi connectivity index (χ3n) is 4.87. The van der Waals surface area contributed by atoms with Gasteiger partial charge in [-0.2, -0.15) is 0 Å². The van der Waals surface area contributed by atoms with Crippen LogP contribution in [0.3, 0.4) is 0 Å². The van der Waals surface area contributed by atoms with Gasteiger partial charge < -0.3 is 20.1 Å². The summed E-state index contributed by atoms with van der Waals surface area (Å²) in [6.07, 6.45) is 2.49. The second-order valence-corrected chi connectivity index (χ2v) is 6.96. The number of nitrogens with one attached hydrogen (secondary N) is 2. The van der Waals surface area contributed by atoms with Crippen LogP contribution in [0.25, 0.3) is 0 Å². The molecule has 0 bridgehead atoms. The molecule has 3 rings (SSSR count). The van der Waals surface area contributed by atoms with E-state index in [1.54, 1.807) is 13.3 Å². The number of methoxy groups -OCH3 is 1. The Hall–Kier alpha value is -2.71. The van der Waals surface area contributed by atoms with Crippen LogP contribution in [0.4, 0.5) is 5.95 Å². The van der Waals surface area contributed by atoms with Gasteiger partial charge in [0, 0.05) is 32.4 Å². The first-order valence-corrected chi connectivity index (χ1v) is 9.94. The maximum atomic E-state index is 12.4. The lowest BCUT2D eigenvalue weighted by Crippen LogP contribution is -2.38. The molecule has 8 nitrogen and oxygen atoms in total. The molecule has 0 aliphatic carbocycles. The van der Waals surface area contributed by atoms with Gasteiger partial charge in [-0.15, -0.1) is 0 Å². The van der Waals surface area contributed by atoms with Gasteiger partial charge in [-0.3, -0.25) is 9.69 Å². The summed E-state index contributed by atoms with van der Waals surface area (Å²) in [6.45, 7) is 7.53. The van der Waals surface area contributed by atoms with Gasteiger partial charge in [0.15, 0.2) is 0 Å². The van der Waals surface area contributed by atoms with Crippen LogP contribution in [0, 0.1) is 6.92 Å². The van der Waals surface area contributed by atoms with Crippen molar-refractivity contribution < 1.29 is 14.3 Å². The van der Waals surface area contributed by atoms with E-state index in [0.29, 0.717) is 30.3 Å². The van der Waals surface area contributed by atoms with Crippen LogP contribution in [-0.2, 0) is 11.3 Å². The highest BCUT2D eigenvalue weighted by atomic mass is 16.5. The van der Waals surface area contributed by atoms with Gasteiger partial charge in [0.1, 0.15) is 5.75 Å². The average Bonchev–Trinajstić information content (AvgIpc) is 2.76. The van der Waals surface area contributed by atoms with Gasteiger partial charge >= 0.3 is 0 Å². The third-order valence-corrected chi connectivity index (χ3v) is 4.87. The molecule has 0 spiro atoms. The molecule has 29 heavy (non-hydrogen) atoms. The number of morpholine rings is 1. The van der Waals surface area contributed by atoms with E-state index in [0.717, 1.165) is 50.6 Å². The highest BCUT2D eigenvalue weighted by Gasteiger charge is 2.13. The smallest absolute Gasteiger partial charge is 0.254 e. The molecule has 1 fully saturated rings. The van der Waals surface area contributed by atoms with Crippen molar-refractivity contribution in [1.29, 1.82) is 0 Å². The molecular weight excluding hydrogens is 370 g/mol. The fourth-order valence-electron chi connectivity index (χ4n) is 3.12. The van der Waals surface area contributed by atoms with Crippen molar-refractivity contribution in [3.63, 3.8) is 0 Å². The largest absolute Gasteiger partial charge is 0.497 e. The number of ether oxygens (including phenoxy) is 2. The molecule has 1 aromatic carbocycles. The summed E-state index contributed by atoms with van der Waals surface area (Å²) in [7, 11) is 1.64. The number of aromatic nitrogens is 2. The summed E-state index contributed by atoms with van der Waals surface area (Å²) in [6, 6.07) is 7.79. The minimum atomic E-state index is -0.133. The number of hydrogen-bond donors (Lipinski definition) is 2. The van der Waals surface area contributed by atoms with Gasteiger partial charge in [-0.05, 0) is 37.6 Å². The molecule has 2 N–H and O–H groups in total. The van der Waals surface area contributed by atoms with E-state index in [4.69, 9.17) is 9.47 Å². The fraction of sp³-hybridized carbons (Fsp3) is 0.476. The van der Waals surface area contributed by atoms with Crippen molar-refractivity contribution in [2.24, 2.45) is 0 Å². The van der Waals surface area contributed by atoms with Crippen LogP contribution in [0.15, 0.2) is 30.5 Å². The number of carbonyl (C=O) groups excluding carboxylic acids is 1. The minimum Gasteiger partial charge on any atom is -0.497 e. The molecule has 0 unspecified atom stereocenters. The molecule has 1 aliphatic heterocycles. The van der Waals surface area contributed by atoms with Crippen molar-refractivity contribution in [3.8, 4) is 5.75 Å². The normalized spacial score (nSPS) is 14.4. The zero-order valence-electron chi connectivity index (χ0n) is 17.1. The van der Waals surface area contributed by atoms with Crippen LogP contribution in [-0.4, -0.2) is 67.3 Å². The molecule has 2 aromatic rings. The maximum Gasteiger partial charge on any atom is 0.254 e. The number of carbonyl (C=O) groups is 1. The second kappa shape index (κ2) is 10.7. The van der Waals surface area contributed by atoms with Crippen LogP contribution in [0.1, 0.15) is 28.0 Å². The Kier molecular flexibility index (Phi) is 7.77. The SMILES string of the molecule is COc1ccc(CNc2ncc(C(=O)NCCCN3CCOCC3)c(C)n2)cc1. The first-order valence-electron chi connectivity index (χ1n) is 9.94. The zero-order chi connectivity index (χ0) is 20.5. The standard InChI is InChI=1S/C21H29N5O3/c1-16-19(20(27)22-8-3-9-26-10-12-29-13-11-26)15-24-21(25-16)23-14-17-4-6-18(28-2)7-5-17/h4-7,15H,3,8-14H2,1-2H3,(H,22,27)(H,23,24,25). The summed E-state index contributed by atoms with van der Waals surface area (Å²) in [5.74, 6) is 1.19. The summed E-state index contributed by atoms with van der Waals surface area (Å²) in [5, 5.41) is 6.14. The molecule has 0 saturated carbocycles. The van der Waals surface area contributed by atoms with E-state index in [2.05, 4.69) is 25.5 Å². The first kappa shape index (κ1) is 21.0. The van der Waals surface area contributed by atoms with Gasteiger partial charge in [0.2, 0.25) is 5.95 Å². The molecule has 1 aromatic heterocycles. The Bertz CT molecular complexity index is 791. The minimum absolute atomic E-state index is 0.133. The lowest BCUT2D eigenvalue weighted by molar-refractivity contribution is 0.0374. The van der Waals surface area contributed by atoms with Crippen molar-refractivity contribution in [2.75, 3.05) is 51.8 Å². The van der Waals surface area contributed by atoms with Crippen molar-refractivity contribution in [2.45, 2.75) is 19.9 Å². The summed E-state index contributed by atoms with van der Waals surface area (Å²) < 4.78 is 10.5. The van der Waals surface area contributed by atoms with Gasteiger partial charge in [0.25, 0.3) is 5.91 Å². The number of rotatable bonds is 9. The number of amides is 1. The monoisotopic (exact) mass is 399 g/mol. The summed E-state index contributed by atoms with van der Waals surface area (Å²) in [5.41, 5.74) is 2.25. The quantitative estimate of drug-likeness (QED) is 0.622. The van der Waals surface area contributed by atoms with Gasteiger partial charge in [-0.1, -0.05) is 12.1 Å². The molecule has 2 heterocycles. The molecule has 156 valence electrons. The molecular formula is C21H29N5O3. The Morgan fingerprint density at radius 2 is 2.00 bits per heavy atom. The lowest BCUT2D eigenvalue weighted by atomic mass is 10.2. The topological polar surface area (TPSA) is 88.6 Å². The first-order chi connectivity index (χ1) is 14.2. The van der Waals surface area contributed by atoms with Crippen LogP contribution >= 0.6 is 0 Å². The van der Waals surface area contributed by atoms with E-state index < -0.39 is 0 Å². The Labute approximate surface area is 171 Å². The molecule has 0 atom stereocenters. The Morgan fingerprint density at radius 1 is 1.24 bits per heavy atom. The predicted molar refractivity (Wildman–Crippen MR) is 111 cm³/mol. The van der Waals surface area contributed by atoms with Crippen molar-refractivity contribution in [1.82, 2.24) is 20.2 Å². The Balaban J connectivity index is 1.44. The number of benzene rings is 1. The van der Waals surface area contributed by atoms with Crippen molar-refractivity contribution >= 4 is 11.9 Å². The third kappa shape index (κ3) is 6.40. The fourth-order valence-corrected chi connectivity index (χ4v) is 3.12. The number of hydrogen-bond acceptors (Lipinski definition) is 7. The molecule has 8 heteroatoms. The molecule has 0 radical (unpaired) electrons. The highest BCUT2D eigenvalue weighted by molar-refractivity contribution is 5.94. The molecule has 1 saturated heterocycles. The molecule has 1 aliphatic rings. The summed E-state index contributed by atoms with van der Waals surface area (Å²) in [4.78, 5) is 23.5. The van der Waals surface area contributed by atoms with Gasteiger partial charge in [-0.25, -0.2) is 9.97 Å². The van der Waals surface area contributed by atoms with E-state index in [9.17, 15) is 4.79 Å². The maximum absolute atomic E-state index is 12.4. The van der Waals surface area contributed by atoms with E-state index in [-0.39, 0.29) is 5.91 Å². The van der Waals surface area contributed by atoms with Crippen LogP contribution in [0.2, 0.25) is 0 Å². The average molecular weight is 399 g/mol. The summed E-state index contributed by atoms with van der Waals surface area (Å²) >= 11 is 0. The second-order valence-electron chi connectivity index (χ2n) is 6.96. The molecule has 1 amide bonds. The Morgan fingerprint density at radius 3 is 2.69 bits per heavy atom. The highest BCUT2D eigenvalue weighted by Crippen LogP contribution is 2.13. The number of anilines is 1. The van der Waals surface area contributed by atoms with E-state index >= 15 is 0 Å². The number of nitrogens with zero attached hydrogens (tertiary/aromatic N) is 3. The van der Waals surface area contributed by atoms with E-state index in [1.807, 2.05) is 31.2 Å². The van der Waals surface area contributed by atoms with Crippen molar-refractivity contribution in [3.05, 3.63) is 47.3 Å². The zero-order valence-corrected chi connectivity index (χ0v) is 17.1. The van der Waals surface area contributed by atoms with Gasteiger partial charge in [0.05, 0.1) is 31.6 Å². The lowest BCUT2D eigenvalue weighted by Gasteiger charge is -2.26. The van der Waals surface area contributed by atoms with Crippen LogP contribution in [0.5, 0.6) is 5.75 Å². The van der Waals surface area contributed by atoms with Crippen LogP contribution < -0.4 is 15.4 Å². The van der Waals surface area contributed by atoms with E-state index in [1.165, 1.54) is 0 Å².